The van der Waals surface area contributed by atoms with Gasteiger partial charge in [0.25, 0.3) is 5.91 Å². The largest absolute Gasteiger partial charge is 0.508 e. The van der Waals surface area contributed by atoms with Crippen molar-refractivity contribution < 1.29 is 33.9 Å². The Morgan fingerprint density at radius 2 is 1.21 bits per heavy atom. The van der Waals surface area contributed by atoms with E-state index in [2.05, 4.69) is 36.9 Å². The van der Waals surface area contributed by atoms with Crippen LogP contribution < -0.4 is 37.6 Å². The number of phenolic OH excluding ortho intramolecular Hbond substituents is 1. The molecule has 0 spiro atoms. The van der Waals surface area contributed by atoms with Crippen LogP contribution in [0.2, 0.25) is 0 Å². The van der Waals surface area contributed by atoms with Gasteiger partial charge in [-0.2, -0.15) is 0 Å². The van der Waals surface area contributed by atoms with Crippen molar-refractivity contribution in [1.82, 2.24) is 36.9 Å². The van der Waals surface area contributed by atoms with Crippen LogP contribution >= 0.6 is 0 Å². The first-order valence-electron chi connectivity index (χ1n) is 18.0. The average Bonchev–Trinajstić information content (AvgIpc) is 3.61. The molecule has 0 saturated carbocycles. The molecule has 4 atom stereocenters. The van der Waals surface area contributed by atoms with E-state index in [-0.39, 0.29) is 36.3 Å². The monoisotopic (exact) mass is 758 g/mol. The van der Waals surface area contributed by atoms with Gasteiger partial charge in [-0.3, -0.25) is 28.8 Å². The third-order valence-electron chi connectivity index (χ3n) is 9.40. The molecule has 1 aliphatic heterocycles. The van der Waals surface area contributed by atoms with Crippen LogP contribution in [0.3, 0.4) is 0 Å². The molecule has 1 fully saturated rings. The number of rotatable bonds is 9. The minimum absolute atomic E-state index is 0.00804. The highest BCUT2D eigenvalue weighted by molar-refractivity contribution is 6.00. The summed E-state index contributed by atoms with van der Waals surface area (Å²) in [6.45, 7) is -0.949. The van der Waals surface area contributed by atoms with Crippen molar-refractivity contribution in [2.24, 2.45) is 0 Å². The number of aromatic nitrogens is 1. The normalized spacial score (nSPS) is 19.7. The molecular weight excluding hydrogens is 716 g/mol. The highest BCUT2D eigenvalue weighted by Crippen LogP contribution is 2.20. The van der Waals surface area contributed by atoms with Crippen LogP contribution in [0.5, 0.6) is 5.75 Å². The van der Waals surface area contributed by atoms with Crippen molar-refractivity contribution in [2.45, 2.75) is 43.4 Å². The van der Waals surface area contributed by atoms with E-state index >= 15 is 0 Å². The molecule has 10 N–H and O–H groups in total. The number of amides is 6. The number of benzene rings is 4. The SMILES string of the molecule is Nc1ccccc1C(=O)NC[C@@H]1NC(=O)[C@H](Cc2c[nH]c3ccccc23)NC(=O)[C@H](Cc2ccc(O)cc2)NC(=O)CNC(=O)[C@@H](Cc2ccccc2)NC1=O. The number of para-hydroxylation sites is 2. The number of nitrogens with one attached hydrogen (secondary N) is 7. The number of fused-ring (bicyclic) bond motifs is 1. The molecule has 1 saturated heterocycles. The van der Waals surface area contributed by atoms with Gasteiger partial charge in [-0.1, -0.05) is 72.8 Å². The maximum absolute atomic E-state index is 14.3. The van der Waals surface area contributed by atoms with E-state index in [1.807, 2.05) is 24.3 Å². The van der Waals surface area contributed by atoms with Gasteiger partial charge in [0.2, 0.25) is 29.5 Å². The molecular formula is C41H42N8O7. The zero-order valence-corrected chi connectivity index (χ0v) is 30.2. The molecule has 0 radical (unpaired) electrons. The van der Waals surface area contributed by atoms with Crippen LogP contribution in [0.1, 0.15) is 27.0 Å². The van der Waals surface area contributed by atoms with E-state index < -0.39 is 72.7 Å². The van der Waals surface area contributed by atoms with Gasteiger partial charge in [0.15, 0.2) is 0 Å². The van der Waals surface area contributed by atoms with Crippen LogP contribution in [-0.4, -0.2) is 82.8 Å². The maximum Gasteiger partial charge on any atom is 0.253 e. The van der Waals surface area contributed by atoms with Crippen LogP contribution in [0.15, 0.2) is 109 Å². The maximum atomic E-state index is 14.3. The number of carbonyl (C=O) groups excluding carboxylic acids is 6. The van der Waals surface area contributed by atoms with Gasteiger partial charge in [0, 0.05) is 48.6 Å². The summed E-state index contributed by atoms with van der Waals surface area (Å²) in [6, 6.07) is 23.5. The van der Waals surface area contributed by atoms with Crippen molar-refractivity contribution in [3.8, 4) is 5.75 Å². The summed E-state index contributed by atoms with van der Waals surface area (Å²) in [6.07, 6.45) is 1.69. The number of nitrogens with two attached hydrogens (primary N) is 1. The number of aromatic amines is 1. The fraction of sp³-hybridized carbons (Fsp3) is 0.220. The number of nitrogen functional groups attached to an aromatic ring is 1. The van der Waals surface area contributed by atoms with Crippen LogP contribution in [0.25, 0.3) is 10.9 Å². The molecule has 288 valence electrons. The summed E-state index contributed by atoms with van der Waals surface area (Å²) in [5, 5.41) is 26.7. The molecule has 6 amide bonds. The topological polar surface area (TPSA) is 237 Å². The second-order valence-corrected chi connectivity index (χ2v) is 13.4. The predicted molar refractivity (Wildman–Crippen MR) is 208 cm³/mol. The van der Waals surface area contributed by atoms with Gasteiger partial charge in [0.05, 0.1) is 12.1 Å². The molecule has 5 aromatic rings. The second kappa shape index (κ2) is 17.8. The van der Waals surface area contributed by atoms with Gasteiger partial charge in [0.1, 0.15) is 29.9 Å². The average molecular weight is 759 g/mol. The summed E-state index contributed by atoms with van der Waals surface area (Å²) < 4.78 is 0. The lowest BCUT2D eigenvalue weighted by molar-refractivity contribution is -0.133. The highest BCUT2D eigenvalue weighted by Gasteiger charge is 2.33. The predicted octanol–water partition coefficient (Wildman–Crippen LogP) is 0.983. The lowest BCUT2D eigenvalue weighted by Crippen LogP contribution is -2.60. The number of carbonyl (C=O) groups is 6. The molecule has 0 aliphatic carbocycles. The number of phenols is 1. The van der Waals surface area contributed by atoms with Crippen molar-refractivity contribution in [3.63, 3.8) is 0 Å². The number of hydrogen-bond donors (Lipinski definition) is 9. The molecule has 0 unspecified atom stereocenters. The van der Waals surface area contributed by atoms with E-state index in [9.17, 15) is 33.9 Å². The van der Waals surface area contributed by atoms with E-state index in [0.717, 1.165) is 10.9 Å². The van der Waals surface area contributed by atoms with Gasteiger partial charge in [-0.15, -0.1) is 0 Å². The van der Waals surface area contributed by atoms with E-state index in [1.54, 1.807) is 66.9 Å². The Labute approximate surface area is 321 Å². The van der Waals surface area contributed by atoms with Crippen molar-refractivity contribution in [3.05, 3.63) is 132 Å². The zero-order chi connectivity index (χ0) is 39.6. The minimum Gasteiger partial charge on any atom is -0.508 e. The molecule has 15 heteroatoms. The summed E-state index contributed by atoms with van der Waals surface area (Å²) in [4.78, 5) is 85.9. The number of hydrogen-bond acceptors (Lipinski definition) is 8. The van der Waals surface area contributed by atoms with E-state index in [1.165, 1.54) is 18.2 Å². The van der Waals surface area contributed by atoms with E-state index in [0.29, 0.717) is 16.7 Å². The molecule has 56 heavy (non-hydrogen) atoms. The first-order valence-corrected chi connectivity index (χ1v) is 18.0. The first-order chi connectivity index (χ1) is 27.0. The van der Waals surface area contributed by atoms with Crippen molar-refractivity contribution in [1.29, 1.82) is 0 Å². The van der Waals surface area contributed by atoms with Gasteiger partial charge in [-0.25, -0.2) is 0 Å². The zero-order valence-electron chi connectivity index (χ0n) is 30.2. The van der Waals surface area contributed by atoms with Gasteiger partial charge < -0.3 is 47.7 Å². The highest BCUT2D eigenvalue weighted by atomic mass is 16.3. The first kappa shape index (κ1) is 38.6. The molecule has 1 aliphatic rings. The summed E-state index contributed by atoms with van der Waals surface area (Å²) in [5.41, 5.74) is 9.14. The minimum atomic E-state index is -1.44. The molecule has 2 heterocycles. The molecule has 0 bridgehead atoms. The summed E-state index contributed by atoms with van der Waals surface area (Å²) >= 11 is 0. The lowest BCUT2D eigenvalue weighted by atomic mass is 10.0. The lowest BCUT2D eigenvalue weighted by Gasteiger charge is -2.26. The molecule has 4 aromatic carbocycles. The molecule has 6 rings (SSSR count). The number of aromatic hydroxyl groups is 1. The van der Waals surface area contributed by atoms with Crippen molar-refractivity contribution >= 4 is 52.0 Å². The standard InChI is InChI=1S/C41H42N8O7/c42-30-12-6-4-11-29(30)37(52)44-22-35-41(56)47-32(18-24-8-2-1-3-9-24)38(53)45-23-36(51)46-33(19-25-14-16-27(50)17-15-25)39(54)48-34(40(55)49-35)20-26-21-43-31-13-7-5-10-28(26)31/h1-17,21,32-35,43,50H,18-20,22-23,42H2,(H,44,52)(H,45,53)(H,46,51)(H,47,56)(H,48,54)(H,49,55)/t32-,33+,34+,35+/m1/s1. The third kappa shape index (κ3) is 9.87. The Kier molecular flexibility index (Phi) is 12.2. The third-order valence-corrected chi connectivity index (χ3v) is 9.40. The fourth-order valence-electron chi connectivity index (χ4n) is 6.42. The Morgan fingerprint density at radius 1 is 0.643 bits per heavy atom. The summed E-state index contributed by atoms with van der Waals surface area (Å²) in [5.74, 6) is -4.30. The van der Waals surface area contributed by atoms with Crippen LogP contribution in [0, 0.1) is 0 Å². The van der Waals surface area contributed by atoms with Gasteiger partial charge in [-0.05, 0) is 47.0 Å². The Balaban J connectivity index is 1.35. The summed E-state index contributed by atoms with van der Waals surface area (Å²) in [7, 11) is 0. The smallest absolute Gasteiger partial charge is 0.253 e. The quantitative estimate of drug-likeness (QED) is 0.0981. The Bertz CT molecular complexity index is 2220. The van der Waals surface area contributed by atoms with Crippen LogP contribution in [-0.2, 0) is 43.2 Å². The Hall–Kier alpha value is -7.16. The Morgan fingerprint density at radius 3 is 1.93 bits per heavy atom. The van der Waals surface area contributed by atoms with Crippen LogP contribution in [0.4, 0.5) is 5.69 Å². The van der Waals surface area contributed by atoms with Gasteiger partial charge >= 0.3 is 0 Å². The van der Waals surface area contributed by atoms with Crippen molar-refractivity contribution in [2.75, 3.05) is 18.8 Å². The van der Waals surface area contributed by atoms with E-state index in [4.69, 9.17) is 5.73 Å². The second-order valence-electron chi connectivity index (χ2n) is 13.4. The fourth-order valence-corrected chi connectivity index (χ4v) is 6.42. The number of H-pyrrole nitrogens is 1. The molecule has 1 aromatic heterocycles. The number of anilines is 1. The molecule has 15 nitrogen and oxygen atoms in total.